The van der Waals surface area contributed by atoms with Gasteiger partial charge in [0, 0.05) is 42.8 Å². The molecule has 3 rings (SSSR count). The molecule has 2 aromatic heterocycles. The van der Waals surface area contributed by atoms with Gasteiger partial charge in [0.2, 0.25) is 0 Å². The highest BCUT2D eigenvalue weighted by Crippen LogP contribution is 2.41. The highest BCUT2D eigenvalue weighted by Gasteiger charge is 2.37. The van der Waals surface area contributed by atoms with Crippen LogP contribution in [0, 0.1) is 11.8 Å². The molecule has 164 valence electrons. The van der Waals surface area contributed by atoms with Crippen LogP contribution >= 0.6 is 22.7 Å². The van der Waals surface area contributed by atoms with Crippen LogP contribution in [-0.2, 0) is 12.8 Å². The summed E-state index contributed by atoms with van der Waals surface area (Å²) >= 11 is 3.24. The van der Waals surface area contributed by atoms with Gasteiger partial charge in [0.25, 0.3) is 0 Å². The normalized spacial score (nSPS) is 15.2. The summed E-state index contributed by atoms with van der Waals surface area (Å²) in [7, 11) is 0. The van der Waals surface area contributed by atoms with E-state index in [1.165, 1.54) is 59.6 Å². The molecule has 2 aromatic rings. The van der Waals surface area contributed by atoms with Crippen LogP contribution in [0.25, 0.3) is 0 Å². The first-order chi connectivity index (χ1) is 14.5. The maximum absolute atomic E-state index is 13.4. The van der Waals surface area contributed by atoms with Gasteiger partial charge in [0.05, 0.1) is 0 Å². The van der Waals surface area contributed by atoms with Gasteiger partial charge in [-0.3, -0.25) is 9.59 Å². The summed E-state index contributed by atoms with van der Waals surface area (Å²) in [4.78, 5) is 29.2. The lowest BCUT2D eigenvalue weighted by Crippen LogP contribution is -2.21. The van der Waals surface area contributed by atoms with Gasteiger partial charge in [-0.2, -0.15) is 11.3 Å². The summed E-state index contributed by atoms with van der Waals surface area (Å²) in [6.07, 6.45) is 11.4. The molecule has 4 heteroatoms. The van der Waals surface area contributed by atoms with E-state index < -0.39 is 0 Å². The number of ketones is 2. The second-order valence-electron chi connectivity index (χ2n) is 8.80. The minimum atomic E-state index is 0.0882. The molecule has 0 fully saturated rings. The average Bonchev–Trinajstić information content (AvgIpc) is 3.38. The maximum atomic E-state index is 13.4. The molecule has 0 bridgehead atoms. The summed E-state index contributed by atoms with van der Waals surface area (Å²) in [6, 6.07) is 0. The Labute approximate surface area is 190 Å². The largest absolute Gasteiger partial charge is 0.288 e. The summed E-state index contributed by atoms with van der Waals surface area (Å²) in [5.41, 5.74) is 2.77. The van der Waals surface area contributed by atoms with Crippen molar-refractivity contribution in [3.05, 3.63) is 42.8 Å². The molecule has 0 N–H and O–H groups in total. The van der Waals surface area contributed by atoms with E-state index in [0.717, 1.165) is 36.8 Å². The van der Waals surface area contributed by atoms with E-state index in [4.69, 9.17) is 0 Å². The number of hydrogen-bond donors (Lipinski definition) is 0. The first-order valence-corrected chi connectivity index (χ1v) is 13.6. The van der Waals surface area contributed by atoms with Crippen LogP contribution in [0.3, 0.4) is 0 Å². The molecule has 0 saturated heterocycles. The zero-order valence-electron chi connectivity index (χ0n) is 19.0. The quantitative estimate of drug-likeness (QED) is 0.283. The average molecular weight is 445 g/mol. The molecular formula is C26H36O2S2. The van der Waals surface area contributed by atoms with Gasteiger partial charge in [-0.15, -0.1) is 11.3 Å². The third kappa shape index (κ3) is 4.80. The third-order valence-corrected chi connectivity index (χ3v) is 8.67. The highest BCUT2D eigenvalue weighted by molar-refractivity contribution is 7.13. The molecule has 2 heterocycles. The minimum absolute atomic E-state index is 0.0882. The number of fused-ring (bicyclic) bond motifs is 2. The van der Waals surface area contributed by atoms with Crippen LogP contribution in [0.15, 0.2) is 10.8 Å². The van der Waals surface area contributed by atoms with Gasteiger partial charge in [0.1, 0.15) is 0 Å². The van der Waals surface area contributed by atoms with E-state index in [9.17, 15) is 9.59 Å². The van der Waals surface area contributed by atoms with Crippen LogP contribution in [-0.4, -0.2) is 11.6 Å². The van der Waals surface area contributed by atoms with Gasteiger partial charge in [0.15, 0.2) is 11.6 Å². The predicted octanol–water partition coefficient (Wildman–Crippen LogP) is 8.10. The highest BCUT2D eigenvalue weighted by atomic mass is 32.1. The molecule has 0 radical (unpaired) electrons. The molecule has 0 amide bonds. The first-order valence-electron chi connectivity index (χ1n) is 11.9. The Balaban J connectivity index is 2.00. The van der Waals surface area contributed by atoms with Crippen molar-refractivity contribution in [1.29, 1.82) is 0 Å². The summed E-state index contributed by atoms with van der Waals surface area (Å²) in [5, 5.41) is 3.73. The van der Waals surface area contributed by atoms with Crippen molar-refractivity contribution in [2.24, 2.45) is 11.8 Å². The standard InChI is InChI=1S/C26H36O2S2/c1-5-9-11-17(7-3)13-21-23-24(22(30-21)14-18(8-4)12-10-6-2)26(28)20-16-29-15-19(20)25(23)27/h15-18H,5-14H2,1-4H3. The lowest BCUT2D eigenvalue weighted by atomic mass is 9.83. The van der Waals surface area contributed by atoms with E-state index in [2.05, 4.69) is 27.7 Å². The van der Waals surface area contributed by atoms with Gasteiger partial charge < -0.3 is 0 Å². The van der Waals surface area contributed by atoms with Gasteiger partial charge in [-0.1, -0.05) is 79.1 Å². The predicted molar refractivity (Wildman–Crippen MR) is 130 cm³/mol. The fourth-order valence-corrected chi connectivity index (χ4v) is 6.96. The smallest absolute Gasteiger partial charge is 0.196 e. The Kier molecular flexibility index (Phi) is 8.47. The van der Waals surface area contributed by atoms with Crippen molar-refractivity contribution >= 4 is 34.2 Å². The Hall–Kier alpha value is -1.26. The molecule has 2 atom stereocenters. The molecule has 1 aliphatic rings. The van der Waals surface area contributed by atoms with E-state index in [1.54, 1.807) is 11.3 Å². The Morgan fingerprint density at radius 1 is 0.733 bits per heavy atom. The number of thiophene rings is 2. The molecule has 0 spiro atoms. The molecule has 2 nitrogen and oxygen atoms in total. The summed E-state index contributed by atoms with van der Waals surface area (Å²) in [6.45, 7) is 8.98. The Bertz CT molecular complexity index is 807. The van der Waals surface area contributed by atoms with E-state index >= 15 is 0 Å². The molecule has 2 unspecified atom stereocenters. The van der Waals surface area contributed by atoms with E-state index in [-0.39, 0.29) is 11.6 Å². The Morgan fingerprint density at radius 2 is 1.17 bits per heavy atom. The van der Waals surface area contributed by atoms with Crippen molar-refractivity contribution in [2.75, 3.05) is 0 Å². The van der Waals surface area contributed by atoms with Crippen molar-refractivity contribution < 1.29 is 9.59 Å². The van der Waals surface area contributed by atoms with Crippen molar-refractivity contribution in [3.63, 3.8) is 0 Å². The fraction of sp³-hybridized carbons (Fsp3) is 0.615. The fourth-order valence-electron chi connectivity index (χ4n) is 4.63. The van der Waals surface area contributed by atoms with Crippen molar-refractivity contribution in [3.8, 4) is 0 Å². The molecule has 30 heavy (non-hydrogen) atoms. The van der Waals surface area contributed by atoms with Crippen LogP contribution in [0.4, 0.5) is 0 Å². The monoisotopic (exact) mass is 444 g/mol. The number of carbonyl (C=O) groups is 2. The number of rotatable bonds is 12. The first kappa shape index (κ1) is 23.4. The molecule has 0 aliphatic heterocycles. The van der Waals surface area contributed by atoms with Crippen LogP contribution < -0.4 is 0 Å². The number of unbranched alkanes of at least 4 members (excludes halogenated alkanes) is 2. The maximum Gasteiger partial charge on any atom is 0.196 e. The second-order valence-corrected chi connectivity index (χ2v) is 10.7. The van der Waals surface area contributed by atoms with Crippen LogP contribution in [0.5, 0.6) is 0 Å². The zero-order valence-corrected chi connectivity index (χ0v) is 20.6. The third-order valence-electron chi connectivity index (χ3n) is 6.69. The van der Waals surface area contributed by atoms with E-state index in [0.29, 0.717) is 23.0 Å². The minimum Gasteiger partial charge on any atom is -0.288 e. The number of carbonyl (C=O) groups excluding carboxylic acids is 2. The van der Waals surface area contributed by atoms with Gasteiger partial charge >= 0.3 is 0 Å². The number of hydrogen-bond acceptors (Lipinski definition) is 4. The molecule has 0 aromatic carbocycles. The second kappa shape index (κ2) is 10.9. The van der Waals surface area contributed by atoms with Gasteiger partial charge in [-0.25, -0.2) is 0 Å². The molecule has 0 saturated carbocycles. The summed E-state index contributed by atoms with van der Waals surface area (Å²) < 4.78 is 0. The summed E-state index contributed by atoms with van der Waals surface area (Å²) in [5.74, 6) is 1.36. The van der Waals surface area contributed by atoms with Crippen LogP contribution in [0.2, 0.25) is 0 Å². The lowest BCUT2D eigenvalue weighted by Gasteiger charge is -2.17. The lowest BCUT2D eigenvalue weighted by molar-refractivity contribution is 0.0979. The zero-order chi connectivity index (χ0) is 21.7. The van der Waals surface area contributed by atoms with Crippen molar-refractivity contribution in [2.45, 2.75) is 91.9 Å². The topological polar surface area (TPSA) is 34.1 Å². The Morgan fingerprint density at radius 3 is 1.53 bits per heavy atom. The SMILES string of the molecule is CCCCC(CC)Cc1sc(CC(CC)CCCC)c2c1C(=O)c1cscc1C2=O. The van der Waals surface area contributed by atoms with E-state index in [1.807, 2.05) is 10.8 Å². The molecule has 1 aliphatic carbocycles. The molecular weight excluding hydrogens is 408 g/mol. The van der Waals surface area contributed by atoms with Crippen molar-refractivity contribution in [1.82, 2.24) is 0 Å². The van der Waals surface area contributed by atoms with Gasteiger partial charge in [-0.05, 0) is 24.7 Å². The van der Waals surface area contributed by atoms with Crippen LogP contribution in [0.1, 0.15) is 121 Å².